The molecule has 0 radical (unpaired) electrons. The highest BCUT2D eigenvalue weighted by molar-refractivity contribution is 7.76. The molecular formula is C13H13NO4S. The van der Waals surface area contributed by atoms with Crippen molar-refractivity contribution in [2.45, 2.75) is 6.61 Å². The number of benzene rings is 2. The van der Waals surface area contributed by atoms with Gasteiger partial charge in [-0.1, -0.05) is 48.5 Å². The van der Waals surface area contributed by atoms with E-state index in [2.05, 4.69) is 0 Å². The average molecular weight is 279 g/mol. The average Bonchev–Trinajstić information content (AvgIpc) is 2.45. The lowest BCUT2D eigenvalue weighted by atomic mass is 10.2. The minimum Gasteiger partial charge on any atom is -0.366 e. The first kappa shape index (κ1) is 13.7. The summed E-state index contributed by atoms with van der Waals surface area (Å²) < 4.78 is 20.8. The van der Waals surface area contributed by atoms with E-state index in [1.54, 1.807) is 24.3 Å². The summed E-state index contributed by atoms with van der Waals surface area (Å²) in [5.41, 5.74) is 0.870. The van der Waals surface area contributed by atoms with Crippen LogP contribution in [0.2, 0.25) is 0 Å². The summed E-state index contributed by atoms with van der Waals surface area (Å²) in [4.78, 5) is 10.3. The fraction of sp³-hybridized carbons (Fsp3) is 0.0769. The van der Waals surface area contributed by atoms with Crippen LogP contribution in [0.3, 0.4) is 0 Å². The van der Waals surface area contributed by atoms with Crippen LogP contribution in [-0.2, 0) is 22.7 Å². The maximum Gasteiger partial charge on any atom is 0.296 e. The summed E-state index contributed by atoms with van der Waals surface area (Å²) in [5, 5.41) is 0. The zero-order valence-corrected chi connectivity index (χ0v) is 10.8. The van der Waals surface area contributed by atoms with Crippen LogP contribution >= 0.6 is 0 Å². The van der Waals surface area contributed by atoms with Crippen molar-refractivity contribution in [2.75, 3.05) is 0 Å². The molecule has 2 aromatic rings. The molecule has 0 aromatic heterocycles. The van der Waals surface area contributed by atoms with Crippen LogP contribution in [0, 0.1) is 0 Å². The predicted octanol–water partition coefficient (Wildman–Crippen LogP) is 2.55. The van der Waals surface area contributed by atoms with Gasteiger partial charge in [0.15, 0.2) is 5.75 Å². The summed E-state index contributed by atoms with van der Waals surface area (Å²) in [7, 11) is 0. The summed E-state index contributed by atoms with van der Waals surface area (Å²) in [6.07, 6.45) is 0. The van der Waals surface area contributed by atoms with Gasteiger partial charge in [-0.2, -0.15) is 0 Å². The van der Waals surface area contributed by atoms with Gasteiger partial charge < -0.3 is 4.84 Å². The molecule has 0 aliphatic carbocycles. The van der Waals surface area contributed by atoms with Crippen LogP contribution in [0.25, 0.3) is 0 Å². The molecule has 2 rings (SSSR count). The van der Waals surface area contributed by atoms with Gasteiger partial charge in [0, 0.05) is 0 Å². The molecular weight excluding hydrogens is 266 g/mol. The molecule has 1 N–H and O–H groups in total. The monoisotopic (exact) mass is 279 g/mol. The van der Waals surface area contributed by atoms with Crippen LogP contribution in [0.4, 0.5) is 0 Å². The Kier molecular flexibility index (Phi) is 5.05. The van der Waals surface area contributed by atoms with Crippen molar-refractivity contribution in [1.82, 2.24) is 4.63 Å². The van der Waals surface area contributed by atoms with Crippen LogP contribution < -0.4 is 4.84 Å². The topological polar surface area (TPSA) is 59.0 Å². The third-order valence-electron chi connectivity index (χ3n) is 2.23. The van der Waals surface area contributed by atoms with Gasteiger partial charge in [0.05, 0.1) is 6.61 Å². The second-order valence-electron chi connectivity index (χ2n) is 3.62. The number of hydrogen-bond donors (Lipinski definition) is 1. The third kappa shape index (κ3) is 4.46. The fourth-order valence-corrected chi connectivity index (χ4v) is 1.66. The first-order valence-electron chi connectivity index (χ1n) is 5.56. The Bertz CT molecular complexity index is 521. The normalized spacial score (nSPS) is 12.3. The van der Waals surface area contributed by atoms with E-state index in [0.29, 0.717) is 10.4 Å². The molecule has 2 aromatic carbocycles. The van der Waals surface area contributed by atoms with Crippen molar-refractivity contribution in [3.8, 4) is 5.75 Å². The minimum atomic E-state index is -2.39. The quantitative estimate of drug-likeness (QED) is 0.652. The highest BCUT2D eigenvalue weighted by Gasteiger charge is 2.14. The molecule has 1 unspecified atom stereocenters. The first-order chi connectivity index (χ1) is 9.25. The number of nitrogens with zero attached hydrogens (tertiary/aromatic N) is 1. The van der Waals surface area contributed by atoms with E-state index in [1.165, 1.54) is 0 Å². The molecule has 100 valence electrons. The largest absolute Gasteiger partial charge is 0.366 e. The predicted molar refractivity (Wildman–Crippen MR) is 70.9 cm³/mol. The van der Waals surface area contributed by atoms with Gasteiger partial charge in [-0.25, -0.2) is 9.05 Å². The van der Waals surface area contributed by atoms with Gasteiger partial charge in [0.2, 0.25) is 0 Å². The highest BCUT2D eigenvalue weighted by Crippen LogP contribution is 2.13. The minimum absolute atomic E-state index is 0.139. The van der Waals surface area contributed by atoms with Gasteiger partial charge in [0.25, 0.3) is 11.3 Å². The molecule has 0 saturated carbocycles. The lowest BCUT2D eigenvalue weighted by Gasteiger charge is -2.16. The molecule has 0 amide bonds. The molecule has 6 heteroatoms. The van der Waals surface area contributed by atoms with Gasteiger partial charge in [0.1, 0.15) is 4.63 Å². The van der Waals surface area contributed by atoms with Crippen LogP contribution in [0.5, 0.6) is 5.75 Å². The molecule has 0 fully saturated rings. The molecule has 0 heterocycles. The van der Waals surface area contributed by atoms with Crippen molar-refractivity contribution >= 4 is 11.3 Å². The zero-order valence-electron chi connectivity index (χ0n) is 10.0. The van der Waals surface area contributed by atoms with Gasteiger partial charge >= 0.3 is 0 Å². The second kappa shape index (κ2) is 7.01. The molecule has 0 aliphatic heterocycles. The number of para-hydroxylation sites is 1. The molecule has 5 nitrogen and oxygen atoms in total. The SMILES string of the molecule is O=S(O)N(OCc1ccccc1)Oc1ccccc1. The maximum absolute atomic E-state index is 11.1. The van der Waals surface area contributed by atoms with Crippen LogP contribution in [-0.4, -0.2) is 13.4 Å². The van der Waals surface area contributed by atoms with Crippen molar-refractivity contribution in [2.24, 2.45) is 0 Å². The smallest absolute Gasteiger partial charge is 0.296 e. The van der Waals surface area contributed by atoms with Crippen molar-refractivity contribution < 1.29 is 18.4 Å². The molecule has 1 atom stereocenters. The van der Waals surface area contributed by atoms with E-state index in [-0.39, 0.29) is 6.61 Å². The Balaban J connectivity index is 1.95. The third-order valence-corrected chi connectivity index (χ3v) is 2.67. The number of rotatable bonds is 6. The molecule has 0 saturated heterocycles. The van der Waals surface area contributed by atoms with E-state index in [4.69, 9.17) is 14.2 Å². The lowest BCUT2D eigenvalue weighted by Crippen LogP contribution is -2.29. The lowest BCUT2D eigenvalue weighted by molar-refractivity contribution is -0.253. The van der Waals surface area contributed by atoms with Crippen LogP contribution in [0.15, 0.2) is 60.7 Å². The highest BCUT2D eigenvalue weighted by atomic mass is 32.2. The summed E-state index contributed by atoms with van der Waals surface area (Å²) >= 11 is -2.39. The van der Waals surface area contributed by atoms with E-state index < -0.39 is 11.3 Å². The van der Waals surface area contributed by atoms with Gasteiger partial charge in [-0.15, -0.1) is 0 Å². The fourth-order valence-electron chi connectivity index (χ4n) is 1.37. The van der Waals surface area contributed by atoms with Gasteiger partial charge in [-0.3, -0.25) is 4.55 Å². The summed E-state index contributed by atoms with van der Waals surface area (Å²) in [6.45, 7) is 0.139. The van der Waals surface area contributed by atoms with Crippen molar-refractivity contribution in [1.29, 1.82) is 0 Å². The Morgan fingerprint density at radius 2 is 1.58 bits per heavy atom. The Hall–Kier alpha value is -1.73. The number of hydrogen-bond acceptors (Lipinski definition) is 3. The molecule has 0 aliphatic rings. The Morgan fingerprint density at radius 1 is 1.00 bits per heavy atom. The molecule has 0 bridgehead atoms. The first-order valence-corrected chi connectivity index (χ1v) is 6.63. The van der Waals surface area contributed by atoms with E-state index in [9.17, 15) is 4.21 Å². The van der Waals surface area contributed by atoms with Crippen LogP contribution in [0.1, 0.15) is 5.56 Å². The van der Waals surface area contributed by atoms with E-state index in [1.807, 2.05) is 36.4 Å². The zero-order chi connectivity index (χ0) is 13.5. The van der Waals surface area contributed by atoms with E-state index in [0.717, 1.165) is 5.56 Å². The van der Waals surface area contributed by atoms with Gasteiger partial charge in [-0.05, 0) is 17.7 Å². The summed E-state index contributed by atoms with van der Waals surface area (Å²) in [6, 6.07) is 17.9. The Morgan fingerprint density at radius 3 is 2.16 bits per heavy atom. The van der Waals surface area contributed by atoms with Crippen molar-refractivity contribution in [3.05, 3.63) is 66.2 Å². The standard InChI is InChI=1S/C13H13NO4S/c15-19(16)14(18-13-9-5-2-6-10-13)17-11-12-7-3-1-4-8-12/h1-10H,11H2,(H,15,16). The molecule has 19 heavy (non-hydrogen) atoms. The van der Waals surface area contributed by atoms with E-state index >= 15 is 0 Å². The summed E-state index contributed by atoms with van der Waals surface area (Å²) in [5.74, 6) is 0.415. The Labute approximate surface area is 113 Å². The second-order valence-corrected chi connectivity index (χ2v) is 4.38. The van der Waals surface area contributed by atoms with Crippen molar-refractivity contribution in [3.63, 3.8) is 0 Å². The molecule has 0 spiro atoms. The maximum atomic E-state index is 11.1.